The second kappa shape index (κ2) is 7.74. The van der Waals surface area contributed by atoms with E-state index in [0.717, 1.165) is 4.90 Å². The molecule has 2 atom stereocenters. The molecule has 3 amide bonds. The third-order valence-corrected chi connectivity index (χ3v) is 5.87. The Morgan fingerprint density at radius 3 is 2.44 bits per heavy atom. The van der Waals surface area contributed by atoms with Crippen LogP contribution in [0.1, 0.15) is 40.4 Å². The molecule has 168 valence electrons. The molecule has 2 aliphatic heterocycles. The number of hydrogen-bond donors (Lipinski definition) is 1. The fourth-order valence-electron chi connectivity index (χ4n) is 4.22. The smallest absolute Gasteiger partial charge is 0.315 e. The van der Waals surface area contributed by atoms with Gasteiger partial charge in [0.05, 0.1) is 12.1 Å². The average Bonchev–Trinajstić information content (AvgIpc) is 3.11. The molecule has 1 N–H and O–H groups in total. The first-order valence-corrected chi connectivity index (χ1v) is 9.97. The molecule has 2 aliphatic rings. The van der Waals surface area contributed by atoms with Gasteiger partial charge in [-0.25, -0.2) is 4.39 Å². The molecule has 11 heteroatoms. The summed E-state index contributed by atoms with van der Waals surface area (Å²) in [5.41, 5.74) is -0.489. The number of benzene rings is 1. The molecule has 0 saturated heterocycles. The third kappa shape index (κ3) is 3.39. The minimum atomic E-state index is -0.978. The van der Waals surface area contributed by atoms with Crippen molar-refractivity contribution in [2.75, 3.05) is 27.7 Å². The predicted octanol–water partition coefficient (Wildman–Crippen LogP) is 0.276. The predicted molar refractivity (Wildman–Crippen MR) is 109 cm³/mol. The van der Waals surface area contributed by atoms with Crippen LogP contribution >= 0.6 is 0 Å². The maximum absolute atomic E-state index is 13.2. The molecule has 0 fully saturated rings. The van der Waals surface area contributed by atoms with E-state index in [1.165, 1.54) is 47.6 Å². The van der Waals surface area contributed by atoms with Gasteiger partial charge in [0.15, 0.2) is 5.69 Å². The van der Waals surface area contributed by atoms with E-state index >= 15 is 0 Å². The van der Waals surface area contributed by atoms with Crippen molar-refractivity contribution in [3.8, 4) is 5.75 Å². The quantitative estimate of drug-likeness (QED) is 0.681. The van der Waals surface area contributed by atoms with Crippen LogP contribution in [0.4, 0.5) is 4.39 Å². The lowest BCUT2D eigenvalue weighted by Crippen LogP contribution is -2.43. The van der Waals surface area contributed by atoms with Crippen LogP contribution in [-0.2, 0) is 16.1 Å². The molecule has 0 spiro atoms. The van der Waals surface area contributed by atoms with E-state index in [1.54, 1.807) is 12.1 Å². The van der Waals surface area contributed by atoms with E-state index in [1.807, 2.05) is 0 Å². The molecule has 1 aromatic carbocycles. The van der Waals surface area contributed by atoms with Crippen LogP contribution in [0.2, 0.25) is 0 Å². The van der Waals surface area contributed by atoms with Crippen molar-refractivity contribution >= 4 is 17.7 Å². The molecule has 32 heavy (non-hydrogen) atoms. The van der Waals surface area contributed by atoms with Crippen LogP contribution in [0.5, 0.6) is 5.75 Å². The van der Waals surface area contributed by atoms with Gasteiger partial charge in [0.1, 0.15) is 11.6 Å². The Balaban J connectivity index is 1.71. The highest BCUT2D eigenvalue weighted by atomic mass is 19.1. The first kappa shape index (κ1) is 21.5. The van der Waals surface area contributed by atoms with Crippen molar-refractivity contribution < 1.29 is 23.9 Å². The topological polar surface area (TPSA) is 116 Å². The number of halogens is 1. The monoisotopic (exact) mass is 443 g/mol. The minimum Gasteiger partial charge on any atom is -0.501 e. The Labute approximate surface area is 182 Å². The van der Waals surface area contributed by atoms with E-state index in [2.05, 4.69) is 4.98 Å². The molecule has 0 bridgehead atoms. The van der Waals surface area contributed by atoms with Gasteiger partial charge in [-0.05, 0) is 24.1 Å². The first-order chi connectivity index (χ1) is 15.1. The van der Waals surface area contributed by atoms with Crippen molar-refractivity contribution in [1.29, 1.82) is 0 Å². The van der Waals surface area contributed by atoms with Crippen molar-refractivity contribution in [2.24, 2.45) is 0 Å². The number of amides is 3. The van der Waals surface area contributed by atoms with Crippen molar-refractivity contribution in [2.45, 2.75) is 25.0 Å². The Kier molecular flexibility index (Phi) is 5.19. The Morgan fingerprint density at radius 1 is 1.16 bits per heavy atom. The highest BCUT2D eigenvalue weighted by Gasteiger charge is 2.45. The molecular formula is C21H22FN5O5. The summed E-state index contributed by atoms with van der Waals surface area (Å²) in [6.45, 7) is 0.389. The van der Waals surface area contributed by atoms with Gasteiger partial charge in [-0.1, -0.05) is 12.1 Å². The number of carbonyl (C=O) groups excluding carboxylic acids is 3. The van der Waals surface area contributed by atoms with Crippen LogP contribution in [-0.4, -0.2) is 74.8 Å². The fraction of sp³-hybridized carbons (Fsp3) is 0.381. The summed E-state index contributed by atoms with van der Waals surface area (Å²) >= 11 is 0. The largest absolute Gasteiger partial charge is 0.501 e. The molecule has 2 unspecified atom stereocenters. The van der Waals surface area contributed by atoms with Crippen LogP contribution in [0.25, 0.3) is 0 Å². The van der Waals surface area contributed by atoms with E-state index in [-0.39, 0.29) is 30.6 Å². The lowest BCUT2D eigenvalue weighted by atomic mass is 10.1. The van der Waals surface area contributed by atoms with Crippen LogP contribution < -0.4 is 5.56 Å². The van der Waals surface area contributed by atoms with Crippen molar-refractivity contribution in [1.82, 2.24) is 24.3 Å². The molecule has 3 heterocycles. The second-order valence-electron chi connectivity index (χ2n) is 8.18. The van der Waals surface area contributed by atoms with Crippen molar-refractivity contribution in [3.63, 3.8) is 0 Å². The maximum Gasteiger partial charge on any atom is 0.315 e. The lowest BCUT2D eigenvalue weighted by Gasteiger charge is -2.33. The lowest BCUT2D eigenvalue weighted by molar-refractivity contribution is -0.150. The summed E-state index contributed by atoms with van der Waals surface area (Å²) < 4.78 is 14.7. The number of nitrogens with zero attached hydrogens (tertiary/aromatic N) is 5. The molecular weight excluding hydrogens is 421 g/mol. The summed E-state index contributed by atoms with van der Waals surface area (Å²) in [5.74, 6) is -3.07. The Morgan fingerprint density at radius 2 is 1.81 bits per heavy atom. The summed E-state index contributed by atoms with van der Waals surface area (Å²) in [6.07, 6.45) is 0.305. The molecule has 0 radical (unpaired) electrons. The Bertz CT molecular complexity index is 1180. The highest BCUT2D eigenvalue weighted by Crippen LogP contribution is 2.42. The molecule has 0 saturated carbocycles. The second-order valence-corrected chi connectivity index (χ2v) is 8.18. The first-order valence-electron chi connectivity index (χ1n) is 9.97. The van der Waals surface area contributed by atoms with Crippen LogP contribution in [0, 0.1) is 5.82 Å². The SMILES string of the molecule is CN(C)C(=O)C(=O)N(C)C1CC2CN(Cc3ccc(F)cc3)C(=O)c3c(O)c(=O)nc1n32. The fourth-order valence-corrected chi connectivity index (χ4v) is 4.22. The zero-order valence-electron chi connectivity index (χ0n) is 17.8. The van der Waals surface area contributed by atoms with E-state index in [0.29, 0.717) is 12.0 Å². The van der Waals surface area contributed by atoms with Gasteiger partial charge in [-0.15, -0.1) is 0 Å². The van der Waals surface area contributed by atoms with Gasteiger partial charge < -0.3 is 24.4 Å². The standard InChI is InChI=1S/C21H22FN5O5/c1-24(2)20(31)21(32)25(3)14-8-13-10-26(9-11-4-6-12(22)7-5-11)19(30)15-16(28)18(29)23-17(14)27(13)15/h4-7,13-14,28H,8-10H2,1-3H3. The van der Waals surface area contributed by atoms with Gasteiger partial charge in [-0.3, -0.25) is 19.2 Å². The number of likely N-dealkylation sites (N-methyl/N-ethyl adjacent to an activating group) is 2. The maximum atomic E-state index is 13.2. The normalized spacial score (nSPS) is 19.0. The van der Waals surface area contributed by atoms with Crippen molar-refractivity contribution in [3.05, 3.63) is 57.5 Å². The molecule has 2 aromatic rings. The highest BCUT2D eigenvalue weighted by molar-refractivity contribution is 6.34. The molecule has 4 rings (SSSR count). The van der Waals surface area contributed by atoms with Gasteiger partial charge in [0.2, 0.25) is 5.75 Å². The Hall–Kier alpha value is -3.76. The number of hydrogen-bond acceptors (Lipinski definition) is 6. The van der Waals surface area contributed by atoms with Crippen LogP contribution in [0.15, 0.2) is 29.1 Å². The summed E-state index contributed by atoms with van der Waals surface area (Å²) in [6, 6.07) is 4.59. The third-order valence-electron chi connectivity index (χ3n) is 5.87. The van der Waals surface area contributed by atoms with Gasteiger partial charge in [0, 0.05) is 34.2 Å². The minimum absolute atomic E-state index is 0.152. The molecule has 10 nitrogen and oxygen atoms in total. The van der Waals surface area contributed by atoms with Gasteiger partial charge >= 0.3 is 17.4 Å². The number of aromatic nitrogens is 2. The van der Waals surface area contributed by atoms with E-state index in [9.17, 15) is 28.7 Å². The van der Waals surface area contributed by atoms with Gasteiger partial charge in [0.25, 0.3) is 5.91 Å². The van der Waals surface area contributed by atoms with Crippen LogP contribution in [0.3, 0.4) is 0 Å². The zero-order valence-corrected chi connectivity index (χ0v) is 17.8. The number of aromatic hydroxyl groups is 1. The van der Waals surface area contributed by atoms with E-state index < -0.39 is 40.9 Å². The summed E-state index contributed by atoms with van der Waals surface area (Å²) in [4.78, 5) is 58.0. The number of rotatable bonds is 3. The average molecular weight is 443 g/mol. The molecule has 1 aromatic heterocycles. The zero-order chi connectivity index (χ0) is 23.3. The van der Waals surface area contributed by atoms with Gasteiger partial charge in [-0.2, -0.15) is 4.98 Å². The van der Waals surface area contributed by atoms with E-state index in [4.69, 9.17) is 0 Å². The molecule has 0 aliphatic carbocycles. The summed E-state index contributed by atoms with van der Waals surface area (Å²) in [7, 11) is 4.35. The number of carbonyl (C=O) groups is 3. The summed E-state index contributed by atoms with van der Waals surface area (Å²) in [5, 5.41) is 10.4.